The van der Waals surface area contributed by atoms with Crippen molar-refractivity contribution in [1.82, 2.24) is 9.88 Å². The van der Waals surface area contributed by atoms with E-state index in [1.165, 1.54) is 6.20 Å². The minimum atomic E-state index is -0.222. The SMILES string of the molecule is CCN(C(=O)c1ccc(C#N)nc1)C(C)(C)C. The Kier molecular flexibility index (Phi) is 3.84. The summed E-state index contributed by atoms with van der Waals surface area (Å²) in [6.45, 7) is 8.56. The maximum Gasteiger partial charge on any atom is 0.255 e. The fourth-order valence-corrected chi connectivity index (χ4v) is 1.66. The lowest BCUT2D eigenvalue weighted by Crippen LogP contribution is -2.45. The van der Waals surface area contributed by atoms with E-state index in [1.807, 2.05) is 33.8 Å². The second kappa shape index (κ2) is 4.96. The smallest absolute Gasteiger partial charge is 0.255 e. The summed E-state index contributed by atoms with van der Waals surface area (Å²) < 4.78 is 0. The second-order valence-corrected chi connectivity index (χ2v) is 4.76. The molecule has 90 valence electrons. The topological polar surface area (TPSA) is 57.0 Å². The standard InChI is InChI=1S/C13H17N3O/c1-5-16(13(2,3)4)12(17)10-6-7-11(8-14)15-9-10/h6-7,9H,5H2,1-4H3. The zero-order valence-electron chi connectivity index (χ0n) is 10.7. The molecule has 1 rings (SSSR count). The molecule has 0 fully saturated rings. The molecule has 1 amide bonds. The summed E-state index contributed by atoms with van der Waals surface area (Å²) in [6.07, 6.45) is 1.45. The molecule has 1 heterocycles. The highest BCUT2D eigenvalue weighted by Crippen LogP contribution is 2.16. The van der Waals surface area contributed by atoms with Crippen LogP contribution in [-0.2, 0) is 0 Å². The van der Waals surface area contributed by atoms with Crippen molar-refractivity contribution in [1.29, 1.82) is 5.26 Å². The maximum absolute atomic E-state index is 12.2. The van der Waals surface area contributed by atoms with Gasteiger partial charge in [0.15, 0.2) is 0 Å². The number of carbonyl (C=O) groups excluding carboxylic acids is 1. The number of nitriles is 1. The van der Waals surface area contributed by atoms with Crippen molar-refractivity contribution in [3.05, 3.63) is 29.6 Å². The molecule has 0 spiro atoms. The molecule has 0 aliphatic carbocycles. The van der Waals surface area contributed by atoms with Crippen LogP contribution in [0.2, 0.25) is 0 Å². The molecule has 1 aromatic heterocycles. The van der Waals surface area contributed by atoms with Gasteiger partial charge < -0.3 is 4.90 Å². The van der Waals surface area contributed by atoms with Crippen LogP contribution in [0.3, 0.4) is 0 Å². The molecular formula is C13H17N3O. The van der Waals surface area contributed by atoms with Gasteiger partial charge in [0.05, 0.1) is 5.56 Å². The Morgan fingerprint density at radius 3 is 2.47 bits per heavy atom. The third-order valence-corrected chi connectivity index (χ3v) is 2.50. The van der Waals surface area contributed by atoms with E-state index in [9.17, 15) is 4.79 Å². The first kappa shape index (κ1) is 13.2. The largest absolute Gasteiger partial charge is 0.334 e. The lowest BCUT2D eigenvalue weighted by Gasteiger charge is -2.34. The Bertz CT molecular complexity index is 437. The van der Waals surface area contributed by atoms with Crippen LogP contribution in [0, 0.1) is 11.3 Å². The highest BCUT2D eigenvalue weighted by atomic mass is 16.2. The Morgan fingerprint density at radius 2 is 2.12 bits per heavy atom. The van der Waals surface area contributed by atoms with E-state index in [1.54, 1.807) is 17.0 Å². The van der Waals surface area contributed by atoms with Crippen molar-refractivity contribution in [2.24, 2.45) is 0 Å². The van der Waals surface area contributed by atoms with Gasteiger partial charge in [-0.15, -0.1) is 0 Å². The maximum atomic E-state index is 12.2. The van der Waals surface area contributed by atoms with Crippen LogP contribution < -0.4 is 0 Å². The van der Waals surface area contributed by atoms with Crippen LogP contribution in [0.15, 0.2) is 18.3 Å². The van der Waals surface area contributed by atoms with Gasteiger partial charge >= 0.3 is 0 Å². The van der Waals surface area contributed by atoms with Crippen LogP contribution in [0.5, 0.6) is 0 Å². The summed E-state index contributed by atoms with van der Waals surface area (Å²) in [5.74, 6) is -0.0583. The van der Waals surface area contributed by atoms with Gasteiger partial charge in [0.25, 0.3) is 5.91 Å². The van der Waals surface area contributed by atoms with Crippen molar-refractivity contribution in [2.75, 3.05) is 6.54 Å². The first-order valence-electron chi connectivity index (χ1n) is 5.58. The van der Waals surface area contributed by atoms with E-state index < -0.39 is 0 Å². The predicted octanol–water partition coefficient (Wildman–Crippen LogP) is 2.21. The van der Waals surface area contributed by atoms with Crippen LogP contribution >= 0.6 is 0 Å². The summed E-state index contributed by atoms with van der Waals surface area (Å²) in [5, 5.41) is 8.64. The Morgan fingerprint density at radius 1 is 1.47 bits per heavy atom. The molecule has 1 aromatic rings. The summed E-state index contributed by atoms with van der Waals surface area (Å²) in [4.78, 5) is 17.9. The minimum Gasteiger partial charge on any atom is -0.334 e. The Balaban J connectivity index is 2.99. The summed E-state index contributed by atoms with van der Waals surface area (Å²) >= 11 is 0. The highest BCUT2D eigenvalue weighted by Gasteiger charge is 2.25. The molecule has 0 aliphatic heterocycles. The molecular weight excluding hydrogens is 214 g/mol. The van der Waals surface area contributed by atoms with Crippen molar-refractivity contribution < 1.29 is 4.79 Å². The van der Waals surface area contributed by atoms with Gasteiger partial charge in [-0.05, 0) is 39.8 Å². The molecule has 17 heavy (non-hydrogen) atoms. The number of hydrogen-bond acceptors (Lipinski definition) is 3. The molecule has 0 saturated carbocycles. The van der Waals surface area contributed by atoms with Gasteiger partial charge in [-0.1, -0.05) is 0 Å². The number of pyridine rings is 1. The van der Waals surface area contributed by atoms with Gasteiger partial charge in [-0.3, -0.25) is 4.79 Å². The van der Waals surface area contributed by atoms with Crippen LogP contribution in [-0.4, -0.2) is 27.9 Å². The van der Waals surface area contributed by atoms with Crippen molar-refractivity contribution in [3.8, 4) is 6.07 Å². The fourth-order valence-electron chi connectivity index (χ4n) is 1.66. The van der Waals surface area contributed by atoms with E-state index in [0.29, 0.717) is 17.8 Å². The number of nitrogens with zero attached hydrogens (tertiary/aromatic N) is 3. The third-order valence-electron chi connectivity index (χ3n) is 2.50. The van der Waals surface area contributed by atoms with E-state index in [2.05, 4.69) is 4.98 Å². The number of aromatic nitrogens is 1. The van der Waals surface area contributed by atoms with Gasteiger partial charge in [-0.2, -0.15) is 5.26 Å². The first-order valence-corrected chi connectivity index (χ1v) is 5.58. The van der Waals surface area contributed by atoms with Crippen LogP contribution in [0.4, 0.5) is 0 Å². The number of rotatable bonds is 2. The molecule has 0 saturated heterocycles. The molecule has 0 unspecified atom stereocenters. The normalized spacial score (nSPS) is 10.8. The zero-order chi connectivity index (χ0) is 13.1. The predicted molar refractivity (Wildman–Crippen MR) is 65.4 cm³/mol. The van der Waals surface area contributed by atoms with Crippen LogP contribution in [0.25, 0.3) is 0 Å². The molecule has 0 radical (unpaired) electrons. The van der Waals surface area contributed by atoms with E-state index in [-0.39, 0.29) is 11.4 Å². The molecule has 0 atom stereocenters. The first-order chi connectivity index (χ1) is 7.90. The van der Waals surface area contributed by atoms with Gasteiger partial charge in [-0.25, -0.2) is 4.98 Å². The third kappa shape index (κ3) is 3.04. The number of amides is 1. The lowest BCUT2D eigenvalue weighted by atomic mass is 10.0. The number of hydrogen-bond donors (Lipinski definition) is 0. The molecule has 0 aliphatic rings. The second-order valence-electron chi connectivity index (χ2n) is 4.76. The summed E-state index contributed by atoms with van der Waals surface area (Å²) in [7, 11) is 0. The van der Waals surface area contributed by atoms with E-state index in [0.717, 1.165) is 0 Å². The Labute approximate surface area is 102 Å². The number of carbonyl (C=O) groups is 1. The zero-order valence-corrected chi connectivity index (χ0v) is 10.7. The minimum absolute atomic E-state index is 0.0583. The quantitative estimate of drug-likeness (QED) is 0.784. The summed E-state index contributed by atoms with van der Waals surface area (Å²) in [6, 6.07) is 5.13. The van der Waals surface area contributed by atoms with E-state index in [4.69, 9.17) is 5.26 Å². The monoisotopic (exact) mass is 231 g/mol. The van der Waals surface area contributed by atoms with Crippen molar-refractivity contribution >= 4 is 5.91 Å². The molecule has 4 nitrogen and oxygen atoms in total. The molecule has 4 heteroatoms. The lowest BCUT2D eigenvalue weighted by molar-refractivity contribution is 0.0598. The summed E-state index contributed by atoms with van der Waals surface area (Å²) in [5.41, 5.74) is 0.612. The molecule has 0 N–H and O–H groups in total. The average Bonchev–Trinajstić information content (AvgIpc) is 2.28. The van der Waals surface area contributed by atoms with Crippen molar-refractivity contribution in [2.45, 2.75) is 33.2 Å². The molecule has 0 aromatic carbocycles. The average molecular weight is 231 g/mol. The fraction of sp³-hybridized carbons (Fsp3) is 0.462. The van der Waals surface area contributed by atoms with Gasteiger partial charge in [0.2, 0.25) is 0 Å². The Hall–Kier alpha value is -1.89. The molecule has 0 bridgehead atoms. The van der Waals surface area contributed by atoms with Gasteiger partial charge in [0, 0.05) is 18.3 Å². The van der Waals surface area contributed by atoms with Crippen molar-refractivity contribution in [3.63, 3.8) is 0 Å². The van der Waals surface area contributed by atoms with Crippen LogP contribution in [0.1, 0.15) is 43.7 Å². The van der Waals surface area contributed by atoms with E-state index >= 15 is 0 Å². The highest BCUT2D eigenvalue weighted by molar-refractivity contribution is 5.94. The van der Waals surface area contributed by atoms with Gasteiger partial charge in [0.1, 0.15) is 11.8 Å².